The lowest BCUT2D eigenvalue weighted by molar-refractivity contribution is 0.561. The number of oxazole rings is 1. The van der Waals surface area contributed by atoms with Gasteiger partial charge >= 0.3 is 0 Å². The van der Waals surface area contributed by atoms with Crippen LogP contribution >= 0.6 is 0 Å². The first kappa shape index (κ1) is 9.52. The molecule has 0 aliphatic heterocycles. The van der Waals surface area contributed by atoms with Crippen molar-refractivity contribution in [1.82, 2.24) is 4.98 Å². The quantitative estimate of drug-likeness (QED) is 0.574. The molecule has 0 fully saturated rings. The van der Waals surface area contributed by atoms with E-state index in [1.165, 1.54) is 5.56 Å². The number of hydrogen-bond acceptors (Lipinski definition) is 2. The van der Waals surface area contributed by atoms with Gasteiger partial charge in [-0.05, 0) is 24.6 Å². The predicted octanol–water partition coefficient (Wildman–Crippen LogP) is 3.25. The molecule has 0 unspecified atom stereocenters. The molecule has 1 aromatic heterocycles. The topological polar surface area (TPSA) is 26.0 Å². The Morgan fingerprint density at radius 3 is 2.62 bits per heavy atom. The molecule has 2 rings (SSSR count). The molecule has 0 N–H and O–H groups in total. The summed E-state index contributed by atoms with van der Waals surface area (Å²) in [5, 5.41) is 0. The minimum Gasteiger partial charge on any atom is -0.441 e. The van der Waals surface area contributed by atoms with Crippen molar-refractivity contribution < 1.29 is 4.42 Å². The van der Waals surface area contributed by atoms with Crippen LogP contribution in [-0.4, -0.2) is 4.98 Å². The Morgan fingerprint density at radius 1 is 1.23 bits per heavy atom. The zero-order valence-corrected chi connectivity index (χ0v) is 8.00. The third-order valence-electron chi connectivity index (χ3n) is 1.65. The molecule has 0 atom stereocenters. The third-order valence-corrected chi connectivity index (χ3v) is 1.65. The molecular formula is C11H13NO. The highest BCUT2D eigenvalue weighted by atomic mass is 16.3. The lowest BCUT2D eigenvalue weighted by Gasteiger charge is -1.87. The molecule has 0 aliphatic rings. The predicted molar refractivity (Wildman–Crippen MR) is 54.7 cm³/mol. The summed E-state index contributed by atoms with van der Waals surface area (Å²) in [6, 6.07) is 6.00. The Kier molecular flexibility index (Phi) is 2.85. The summed E-state index contributed by atoms with van der Waals surface area (Å²) in [7, 11) is 0. The van der Waals surface area contributed by atoms with Crippen molar-refractivity contribution in [1.29, 1.82) is 0 Å². The molecular weight excluding hydrogens is 162 g/mol. The Bertz CT molecular complexity index is 403. The summed E-state index contributed by atoms with van der Waals surface area (Å²) in [6.45, 7) is 9.90. The number of rotatable bonds is 0. The molecule has 0 amide bonds. The molecule has 1 heterocycles. The van der Waals surface area contributed by atoms with Crippen LogP contribution in [0.5, 0.6) is 0 Å². The van der Waals surface area contributed by atoms with E-state index in [-0.39, 0.29) is 0 Å². The van der Waals surface area contributed by atoms with E-state index < -0.39 is 0 Å². The van der Waals surface area contributed by atoms with Crippen LogP contribution in [0.2, 0.25) is 0 Å². The van der Waals surface area contributed by atoms with Gasteiger partial charge in [0, 0.05) is 6.92 Å². The fraction of sp³-hybridized carbons (Fsp3) is 0.182. The summed E-state index contributed by atoms with van der Waals surface area (Å²) in [5.74, 6) is 0.727. The van der Waals surface area contributed by atoms with Crippen molar-refractivity contribution in [3.8, 4) is 0 Å². The first-order valence-corrected chi connectivity index (χ1v) is 4.09. The van der Waals surface area contributed by atoms with E-state index in [1.54, 1.807) is 0 Å². The van der Waals surface area contributed by atoms with Gasteiger partial charge in [-0.15, -0.1) is 13.2 Å². The minimum atomic E-state index is 0.727. The van der Waals surface area contributed by atoms with Crippen LogP contribution in [0.4, 0.5) is 0 Å². The van der Waals surface area contributed by atoms with Crippen molar-refractivity contribution in [2.24, 2.45) is 0 Å². The summed E-state index contributed by atoms with van der Waals surface area (Å²) in [4.78, 5) is 4.19. The number of fused-ring (bicyclic) bond motifs is 1. The van der Waals surface area contributed by atoms with Crippen molar-refractivity contribution in [2.45, 2.75) is 13.8 Å². The van der Waals surface area contributed by atoms with Crippen molar-refractivity contribution in [2.75, 3.05) is 0 Å². The Labute approximate surface area is 77.9 Å². The van der Waals surface area contributed by atoms with Crippen LogP contribution in [0.3, 0.4) is 0 Å². The fourth-order valence-electron chi connectivity index (χ4n) is 1.15. The zero-order valence-electron chi connectivity index (χ0n) is 8.00. The number of hydrogen-bond donors (Lipinski definition) is 0. The van der Waals surface area contributed by atoms with Crippen molar-refractivity contribution in [3.05, 3.63) is 42.8 Å². The van der Waals surface area contributed by atoms with E-state index in [4.69, 9.17) is 4.42 Å². The average molecular weight is 175 g/mol. The van der Waals surface area contributed by atoms with E-state index in [2.05, 4.69) is 18.1 Å². The Balaban J connectivity index is 0.000000396. The first-order valence-electron chi connectivity index (χ1n) is 4.09. The van der Waals surface area contributed by atoms with Crippen LogP contribution < -0.4 is 0 Å². The molecule has 0 spiro atoms. The molecule has 0 bridgehead atoms. The van der Waals surface area contributed by atoms with Gasteiger partial charge in [0.1, 0.15) is 5.52 Å². The normalized spacial score (nSPS) is 9.38. The Morgan fingerprint density at radius 2 is 1.92 bits per heavy atom. The lowest BCUT2D eigenvalue weighted by Crippen LogP contribution is -1.70. The third kappa shape index (κ3) is 1.96. The van der Waals surface area contributed by atoms with Crippen LogP contribution in [0.25, 0.3) is 11.1 Å². The molecule has 0 radical (unpaired) electrons. The number of benzene rings is 1. The minimum absolute atomic E-state index is 0.727. The van der Waals surface area contributed by atoms with Gasteiger partial charge in [0.2, 0.25) is 0 Å². The van der Waals surface area contributed by atoms with Crippen LogP contribution in [0.15, 0.2) is 35.8 Å². The first-order chi connectivity index (χ1) is 6.25. The smallest absolute Gasteiger partial charge is 0.192 e. The monoisotopic (exact) mass is 175 g/mol. The highest BCUT2D eigenvalue weighted by molar-refractivity contribution is 5.73. The second-order valence-corrected chi connectivity index (χ2v) is 2.70. The molecule has 1 aromatic carbocycles. The van der Waals surface area contributed by atoms with Gasteiger partial charge < -0.3 is 4.42 Å². The van der Waals surface area contributed by atoms with Gasteiger partial charge in [-0.1, -0.05) is 6.07 Å². The molecule has 0 saturated carbocycles. The summed E-state index contributed by atoms with van der Waals surface area (Å²) < 4.78 is 5.34. The molecule has 0 saturated heterocycles. The van der Waals surface area contributed by atoms with Crippen LogP contribution in [-0.2, 0) is 0 Å². The van der Waals surface area contributed by atoms with Gasteiger partial charge in [-0.3, -0.25) is 0 Å². The standard InChI is InChI=1S/C9H9NO.C2H4/c1-6-3-4-8-9(5-6)11-7(2)10-8;1-2/h3-5H,1-2H3;1-2H2. The van der Waals surface area contributed by atoms with Gasteiger partial charge in [0.15, 0.2) is 11.5 Å². The summed E-state index contributed by atoms with van der Waals surface area (Å²) in [6.07, 6.45) is 0. The summed E-state index contributed by atoms with van der Waals surface area (Å²) >= 11 is 0. The maximum absolute atomic E-state index is 5.34. The van der Waals surface area contributed by atoms with Gasteiger partial charge in [0.05, 0.1) is 0 Å². The zero-order chi connectivity index (χ0) is 9.84. The molecule has 68 valence electrons. The van der Waals surface area contributed by atoms with Crippen LogP contribution in [0, 0.1) is 13.8 Å². The lowest BCUT2D eigenvalue weighted by atomic mass is 10.2. The van der Waals surface area contributed by atoms with Crippen molar-refractivity contribution >= 4 is 11.1 Å². The number of aryl methyl sites for hydroxylation is 2. The maximum Gasteiger partial charge on any atom is 0.192 e. The molecule has 2 nitrogen and oxygen atoms in total. The second-order valence-electron chi connectivity index (χ2n) is 2.70. The van der Waals surface area contributed by atoms with Gasteiger partial charge in [0.25, 0.3) is 0 Å². The van der Waals surface area contributed by atoms with E-state index >= 15 is 0 Å². The molecule has 2 heteroatoms. The molecule has 0 aliphatic carbocycles. The SMILES string of the molecule is C=C.Cc1ccc2nc(C)oc2c1. The van der Waals surface area contributed by atoms with E-state index in [9.17, 15) is 0 Å². The molecule has 2 aromatic rings. The van der Waals surface area contributed by atoms with Gasteiger partial charge in [-0.25, -0.2) is 4.98 Å². The summed E-state index contributed by atoms with van der Waals surface area (Å²) in [5.41, 5.74) is 3.02. The van der Waals surface area contributed by atoms with Gasteiger partial charge in [-0.2, -0.15) is 0 Å². The highest BCUT2D eigenvalue weighted by Crippen LogP contribution is 2.15. The largest absolute Gasteiger partial charge is 0.441 e. The fourth-order valence-corrected chi connectivity index (χ4v) is 1.15. The Hall–Kier alpha value is -1.57. The van der Waals surface area contributed by atoms with E-state index in [0.717, 1.165) is 17.0 Å². The average Bonchev–Trinajstić information content (AvgIpc) is 2.48. The number of aromatic nitrogens is 1. The molecule has 13 heavy (non-hydrogen) atoms. The van der Waals surface area contributed by atoms with E-state index in [0.29, 0.717) is 0 Å². The number of nitrogens with zero attached hydrogens (tertiary/aromatic N) is 1. The highest BCUT2D eigenvalue weighted by Gasteiger charge is 1.99. The van der Waals surface area contributed by atoms with E-state index in [1.807, 2.05) is 32.0 Å². The van der Waals surface area contributed by atoms with Crippen molar-refractivity contribution in [3.63, 3.8) is 0 Å². The van der Waals surface area contributed by atoms with Crippen LogP contribution in [0.1, 0.15) is 11.5 Å². The second kappa shape index (κ2) is 3.90. The maximum atomic E-state index is 5.34.